The summed E-state index contributed by atoms with van der Waals surface area (Å²) >= 11 is 0. The Labute approximate surface area is 180 Å². The maximum atomic E-state index is 12.4. The van der Waals surface area contributed by atoms with Crippen LogP contribution in [0.5, 0.6) is 0 Å². The highest BCUT2D eigenvalue weighted by atomic mass is 35.5. The molecule has 6 nitrogen and oxygen atoms in total. The first-order valence-corrected chi connectivity index (χ1v) is 9.71. The molecule has 1 amide bonds. The van der Waals surface area contributed by atoms with Crippen LogP contribution in [0.15, 0.2) is 24.3 Å². The minimum atomic E-state index is -0.463. The minimum absolute atomic E-state index is 0. The maximum Gasteiger partial charge on any atom is 0.237 e. The van der Waals surface area contributed by atoms with Gasteiger partial charge in [-0.2, -0.15) is 0 Å². The molecule has 28 heavy (non-hydrogen) atoms. The van der Waals surface area contributed by atoms with Crippen LogP contribution >= 0.6 is 24.8 Å². The number of nitrogens with two attached hydrogens (primary N) is 1. The third kappa shape index (κ3) is 7.17. The molecule has 1 aromatic rings. The number of hydrogen-bond acceptors (Lipinski definition) is 5. The topological polar surface area (TPSA) is 87.8 Å². The fraction of sp³-hybridized carbons (Fsp3) is 0.650. The normalized spacial score (nSPS) is 19.9. The number of amides is 1. The van der Waals surface area contributed by atoms with Crippen LogP contribution in [0.3, 0.4) is 0 Å². The van der Waals surface area contributed by atoms with Gasteiger partial charge < -0.3 is 20.9 Å². The van der Waals surface area contributed by atoms with Crippen molar-refractivity contribution in [3.05, 3.63) is 35.4 Å². The Morgan fingerprint density at radius 3 is 2.39 bits per heavy atom. The van der Waals surface area contributed by atoms with Crippen LogP contribution < -0.4 is 11.1 Å². The van der Waals surface area contributed by atoms with Crippen LogP contribution in [0.25, 0.3) is 0 Å². The van der Waals surface area contributed by atoms with Crippen LogP contribution in [-0.2, 0) is 22.6 Å². The molecule has 0 aliphatic carbocycles. The largest absolute Gasteiger partial charge is 0.393 e. The summed E-state index contributed by atoms with van der Waals surface area (Å²) in [6, 6.07) is 7.75. The van der Waals surface area contributed by atoms with Crippen molar-refractivity contribution in [1.29, 1.82) is 0 Å². The summed E-state index contributed by atoms with van der Waals surface area (Å²) in [5.41, 5.74) is 8.51. The van der Waals surface area contributed by atoms with Gasteiger partial charge in [-0.15, -0.1) is 24.8 Å². The molecule has 1 aromatic carbocycles. The molecule has 1 unspecified atom stereocenters. The third-order valence-corrected chi connectivity index (χ3v) is 5.60. The van der Waals surface area contributed by atoms with Gasteiger partial charge in [-0.1, -0.05) is 24.3 Å². The number of aliphatic hydroxyl groups excluding tert-OH is 1. The van der Waals surface area contributed by atoms with Crippen LogP contribution in [0, 0.1) is 5.92 Å². The average Bonchev–Trinajstić information content (AvgIpc) is 2.69. The summed E-state index contributed by atoms with van der Waals surface area (Å²) in [7, 11) is 0. The van der Waals surface area contributed by atoms with E-state index in [4.69, 9.17) is 10.5 Å². The van der Waals surface area contributed by atoms with E-state index in [1.807, 2.05) is 12.1 Å². The fourth-order valence-corrected chi connectivity index (χ4v) is 3.79. The highest BCUT2D eigenvalue weighted by Gasteiger charge is 2.26. The molecule has 0 saturated carbocycles. The van der Waals surface area contributed by atoms with Crippen LogP contribution in [0.4, 0.5) is 0 Å². The van der Waals surface area contributed by atoms with E-state index in [-0.39, 0.29) is 42.7 Å². The number of aliphatic hydroxyl groups is 1. The van der Waals surface area contributed by atoms with Gasteiger partial charge in [0, 0.05) is 39.4 Å². The van der Waals surface area contributed by atoms with Crippen molar-refractivity contribution in [2.75, 3.05) is 26.3 Å². The van der Waals surface area contributed by atoms with Crippen molar-refractivity contribution in [3.63, 3.8) is 0 Å². The molecule has 8 heteroatoms. The summed E-state index contributed by atoms with van der Waals surface area (Å²) in [6.45, 7) is 4.57. The van der Waals surface area contributed by atoms with E-state index in [1.165, 1.54) is 5.56 Å². The van der Waals surface area contributed by atoms with Crippen LogP contribution in [0.2, 0.25) is 0 Å². The first kappa shape index (κ1) is 25.1. The van der Waals surface area contributed by atoms with Crippen molar-refractivity contribution in [3.8, 4) is 0 Å². The molecule has 0 radical (unpaired) electrons. The summed E-state index contributed by atoms with van der Waals surface area (Å²) in [5, 5.41) is 12.7. The second kappa shape index (κ2) is 12.6. The van der Waals surface area contributed by atoms with Crippen molar-refractivity contribution in [2.45, 2.75) is 50.9 Å². The first-order valence-electron chi connectivity index (χ1n) is 9.71. The molecule has 2 fully saturated rings. The zero-order valence-electron chi connectivity index (χ0n) is 16.2. The molecule has 3 rings (SSSR count). The van der Waals surface area contributed by atoms with Gasteiger partial charge in [0.05, 0.1) is 12.1 Å². The number of rotatable bonds is 6. The fourth-order valence-electron chi connectivity index (χ4n) is 3.79. The quantitative estimate of drug-likeness (QED) is 0.636. The van der Waals surface area contributed by atoms with Gasteiger partial charge >= 0.3 is 0 Å². The van der Waals surface area contributed by atoms with Crippen molar-refractivity contribution >= 4 is 30.7 Å². The van der Waals surface area contributed by atoms with Gasteiger partial charge in [-0.25, -0.2) is 0 Å². The summed E-state index contributed by atoms with van der Waals surface area (Å²) in [6.07, 6.45) is 3.21. The number of nitrogens with one attached hydrogen (secondary N) is 1. The van der Waals surface area contributed by atoms with Crippen molar-refractivity contribution < 1.29 is 14.6 Å². The Kier molecular flexibility index (Phi) is 11.3. The van der Waals surface area contributed by atoms with E-state index in [9.17, 15) is 9.90 Å². The zero-order chi connectivity index (χ0) is 18.4. The molecule has 160 valence electrons. The number of hydrogen-bond donors (Lipinski definition) is 3. The van der Waals surface area contributed by atoms with Gasteiger partial charge in [-0.3, -0.25) is 9.69 Å². The van der Waals surface area contributed by atoms with Crippen LogP contribution in [-0.4, -0.2) is 54.4 Å². The van der Waals surface area contributed by atoms with Gasteiger partial charge in [-0.05, 0) is 42.7 Å². The number of piperidine rings is 1. The molecule has 2 aliphatic heterocycles. The van der Waals surface area contributed by atoms with Gasteiger partial charge in [0.15, 0.2) is 0 Å². The smallest absolute Gasteiger partial charge is 0.237 e. The lowest BCUT2D eigenvalue weighted by molar-refractivity contribution is -0.124. The third-order valence-electron chi connectivity index (χ3n) is 5.60. The van der Waals surface area contributed by atoms with E-state index < -0.39 is 6.04 Å². The van der Waals surface area contributed by atoms with E-state index in [1.54, 1.807) is 0 Å². The predicted octanol–water partition coefficient (Wildman–Crippen LogP) is 1.86. The highest BCUT2D eigenvalue weighted by molar-refractivity contribution is 5.85. The minimum Gasteiger partial charge on any atom is -0.393 e. The second-order valence-electron chi connectivity index (χ2n) is 7.47. The number of halogens is 2. The predicted molar refractivity (Wildman–Crippen MR) is 115 cm³/mol. The molecule has 2 saturated heterocycles. The van der Waals surface area contributed by atoms with Crippen molar-refractivity contribution in [1.82, 2.24) is 10.2 Å². The molecule has 2 heterocycles. The van der Waals surface area contributed by atoms with E-state index >= 15 is 0 Å². The monoisotopic (exact) mass is 433 g/mol. The molecule has 0 bridgehead atoms. The lowest BCUT2D eigenvalue weighted by Gasteiger charge is -2.30. The number of likely N-dealkylation sites (tertiary alicyclic amines) is 1. The average molecular weight is 434 g/mol. The molecular weight excluding hydrogens is 401 g/mol. The van der Waals surface area contributed by atoms with Crippen LogP contribution in [0.1, 0.15) is 36.8 Å². The van der Waals surface area contributed by atoms with Gasteiger partial charge in [0.25, 0.3) is 0 Å². The number of carbonyl (C=O) groups excluding carboxylic acids is 1. The number of benzene rings is 1. The standard InChI is InChI=1S/C20H31N3O3.2ClH/c21-19(15-7-11-26-12-8-15)20(25)22-13-16-3-1-2-4-17(16)14-23-9-5-18(24)6-10-23;;/h1-4,15,18-19,24H,5-14,21H2,(H,22,25);2*1H. The summed E-state index contributed by atoms with van der Waals surface area (Å²) in [5.74, 6) is 0.131. The number of carbonyl (C=O) groups is 1. The summed E-state index contributed by atoms with van der Waals surface area (Å²) < 4.78 is 5.35. The molecule has 2 aliphatic rings. The molecule has 1 atom stereocenters. The van der Waals surface area contributed by atoms with E-state index in [0.717, 1.165) is 50.9 Å². The van der Waals surface area contributed by atoms with Gasteiger partial charge in [0.2, 0.25) is 5.91 Å². The van der Waals surface area contributed by atoms with E-state index in [0.29, 0.717) is 19.8 Å². The summed E-state index contributed by atoms with van der Waals surface area (Å²) in [4.78, 5) is 14.8. The van der Waals surface area contributed by atoms with Gasteiger partial charge in [0.1, 0.15) is 0 Å². The lowest BCUT2D eigenvalue weighted by atomic mass is 9.92. The Balaban J connectivity index is 0.00000196. The molecule has 0 aromatic heterocycles. The Hall–Kier alpha value is -0.890. The number of ether oxygens (including phenoxy) is 1. The zero-order valence-corrected chi connectivity index (χ0v) is 17.9. The Morgan fingerprint density at radius 1 is 1.14 bits per heavy atom. The molecular formula is C20H33Cl2N3O3. The lowest BCUT2D eigenvalue weighted by Crippen LogP contribution is -2.46. The Morgan fingerprint density at radius 2 is 1.75 bits per heavy atom. The van der Waals surface area contributed by atoms with E-state index in [2.05, 4.69) is 22.3 Å². The molecule has 4 N–H and O–H groups in total. The number of nitrogens with zero attached hydrogens (tertiary/aromatic N) is 1. The SMILES string of the molecule is Cl.Cl.NC(C(=O)NCc1ccccc1CN1CCC(O)CC1)C1CCOCC1. The maximum absolute atomic E-state index is 12.4. The highest BCUT2D eigenvalue weighted by Crippen LogP contribution is 2.19. The van der Waals surface area contributed by atoms with Crippen molar-refractivity contribution in [2.24, 2.45) is 11.7 Å². The molecule has 0 spiro atoms. The second-order valence-corrected chi connectivity index (χ2v) is 7.47. The first-order chi connectivity index (χ1) is 12.6. The Bertz CT molecular complexity index is 592.